The molecule has 0 aromatic carbocycles. The summed E-state index contributed by atoms with van der Waals surface area (Å²) in [7, 11) is 0. The fourth-order valence-electron chi connectivity index (χ4n) is 2.75. The molecule has 4 unspecified atom stereocenters. The summed E-state index contributed by atoms with van der Waals surface area (Å²) in [5.74, 6) is -2.76. The highest BCUT2D eigenvalue weighted by molar-refractivity contribution is 5.94. The first-order valence-electron chi connectivity index (χ1n) is 10.2. The third-order valence-electron chi connectivity index (χ3n) is 4.32. The second-order valence-electron chi connectivity index (χ2n) is 8.74. The Morgan fingerprint density at radius 2 is 1.10 bits per heavy atom. The Morgan fingerprint density at radius 3 is 1.41 bits per heavy atom. The predicted octanol–water partition coefficient (Wildman–Crippen LogP) is 0.621. The van der Waals surface area contributed by atoms with E-state index in [2.05, 4.69) is 16.0 Å². The van der Waals surface area contributed by atoms with Crippen LogP contribution in [-0.4, -0.2) is 53.0 Å². The maximum absolute atomic E-state index is 12.8. The Bertz CT molecular complexity index is 575. The number of hydrogen-bond acceptors (Lipinski definition) is 5. The fraction of sp³-hybridized carbons (Fsp3) is 0.800. The summed E-state index contributed by atoms with van der Waals surface area (Å²) < 4.78 is 0. The quantitative estimate of drug-likeness (QED) is 0.316. The summed E-state index contributed by atoms with van der Waals surface area (Å²) >= 11 is 0. The van der Waals surface area contributed by atoms with Crippen molar-refractivity contribution in [3.05, 3.63) is 0 Å². The number of carboxylic acid groups (broad SMARTS) is 1. The first-order valence-corrected chi connectivity index (χ1v) is 10.2. The van der Waals surface area contributed by atoms with Crippen molar-refractivity contribution in [2.45, 2.75) is 85.5 Å². The lowest BCUT2D eigenvalue weighted by atomic mass is 9.98. The van der Waals surface area contributed by atoms with E-state index in [0.29, 0.717) is 12.8 Å². The van der Waals surface area contributed by atoms with Crippen LogP contribution in [0.4, 0.5) is 0 Å². The van der Waals surface area contributed by atoms with Crippen LogP contribution in [0.1, 0.15) is 61.3 Å². The number of carbonyl (C=O) groups is 4. The van der Waals surface area contributed by atoms with Crippen LogP contribution in [-0.2, 0) is 19.2 Å². The van der Waals surface area contributed by atoms with Crippen LogP contribution < -0.4 is 21.7 Å². The van der Waals surface area contributed by atoms with Crippen molar-refractivity contribution in [1.82, 2.24) is 16.0 Å². The molecule has 0 saturated heterocycles. The molecule has 0 rings (SSSR count). The highest BCUT2D eigenvalue weighted by Crippen LogP contribution is 2.10. The van der Waals surface area contributed by atoms with Crippen molar-refractivity contribution in [2.24, 2.45) is 23.5 Å². The van der Waals surface area contributed by atoms with E-state index in [1.165, 1.54) is 6.92 Å². The van der Waals surface area contributed by atoms with Crippen LogP contribution in [0.3, 0.4) is 0 Å². The van der Waals surface area contributed by atoms with Gasteiger partial charge in [0, 0.05) is 0 Å². The van der Waals surface area contributed by atoms with Crippen LogP contribution in [0.15, 0.2) is 0 Å². The second-order valence-corrected chi connectivity index (χ2v) is 8.74. The third kappa shape index (κ3) is 10.3. The van der Waals surface area contributed by atoms with E-state index in [0.717, 1.165) is 0 Å². The van der Waals surface area contributed by atoms with E-state index in [1.807, 2.05) is 27.7 Å². The van der Waals surface area contributed by atoms with Crippen molar-refractivity contribution in [1.29, 1.82) is 0 Å². The maximum atomic E-state index is 12.8. The average Bonchev–Trinajstić information content (AvgIpc) is 2.56. The van der Waals surface area contributed by atoms with E-state index in [4.69, 9.17) is 5.73 Å². The third-order valence-corrected chi connectivity index (χ3v) is 4.32. The lowest BCUT2D eigenvalue weighted by molar-refractivity contribution is -0.143. The van der Waals surface area contributed by atoms with E-state index < -0.39 is 47.9 Å². The number of aliphatic carboxylic acids is 1. The summed E-state index contributed by atoms with van der Waals surface area (Å²) in [6.45, 7) is 12.5. The van der Waals surface area contributed by atoms with Crippen molar-refractivity contribution in [3.63, 3.8) is 0 Å². The zero-order chi connectivity index (χ0) is 22.9. The molecule has 0 bridgehead atoms. The molecule has 3 amide bonds. The standard InChI is InChI=1S/C20H38N4O5/c1-10(2)8-14(22-17(25)13(7)21)18(26)23-15(9-11(3)4)19(27)24-16(12(5)6)20(28)29/h10-16H,8-9,21H2,1-7H3,(H,22,25)(H,23,26)(H,24,27)(H,28,29). The summed E-state index contributed by atoms with van der Waals surface area (Å²) in [5.41, 5.74) is 5.58. The number of hydrogen-bond donors (Lipinski definition) is 5. The summed E-state index contributed by atoms with van der Waals surface area (Å²) in [4.78, 5) is 48.9. The van der Waals surface area contributed by atoms with Crippen LogP contribution >= 0.6 is 0 Å². The Labute approximate surface area is 173 Å². The summed E-state index contributed by atoms with van der Waals surface area (Å²) in [6.07, 6.45) is 0.710. The molecule has 168 valence electrons. The zero-order valence-electron chi connectivity index (χ0n) is 18.6. The van der Waals surface area contributed by atoms with Gasteiger partial charge in [0.2, 0.25) is 17.7 Å². The van der Waals surface area contributed by atoms with Gasteiger partial charge in [-0.3, -0.25) is 14.4 Å². The Balaban J connectivity index is 5.43. The zero-order valence-corrected chi connectivity index (χ0v) is 18.6. The van der Waals surface area contributed by atoms with Crippen molar-refractivity contribution in [2.75, 3.05) is 0 Å². The normalized spacial score (nSPS) is 15.6. The van der Waals surface area contributed by atoms with Gasteiger partial charge in [-0.05, 0) is 37.5 Å². The molecule has 0 radical (unpaired) electrons. The SMILES string of the molecule is CC(C)CC(NC(=O)C(C)N)C(=O)NC(CC(C)C)C(=O)NC(C(=O)O)C(C)C. The molecular formula is C20H38N4O5. The van der Waals surface area contributed by atoms with Crippen LogP contribution in [0.25, 0.3) is 0 Å². The Hall–Kier alpha value is -2.16. The smallest absolute Gasteiger partial charge is 0.326 e. The van der Waals surface area contributed by atoms with Gasteiger partial charge in [0.25, 0.3) is 0 Å². The van der Waals surface area contributed by atoms with Gasteiger partial charge in [-0.15, -0.1) is 0 Å². The minimum atomic E-state index is -1.13. The molecular weight excluding hydrogens is 376 g/mol. The van der Waals surface area contributed by atoms with Crippen molar-refractivity contribution in [3.8, 4) is 0 Å². The lowest BCUT2D eigenvalue weighted by Gasteiger charge is -2.27. The molecule has 9 nitrogen and oxygen atoms in total. The molecule has 0 saturated carbocycles. The van der Waals surface area contributed by atoms with Crippen LogP contribution in [0.5, 0.6) is 0 Å². The summed E-state index contributed by atoms with van der Waals surface area (Å²) in [5, 5.41) is 17.1. The van der Waals surface area contributed by atoms with Gasteiger partial charge in [-0.25, -0.2) is 4.79 Å². The molecule has 0 heterocycles. The van der Waals surface area contributed by atoms with Gasteiger partial charge in [0.15, 0.2) is 0 Å². The van der Waals surface area contributed by atoms with E-state index in [1.54, 1.807) is 13.8 Å². The predicted molar refractivity (Wildman–Crippen MR) is 111 cm³/mol. The van der Waals surface area contributed by atoms with Gasteiger partial charge >= 0.3 is 5.97 Å². The number of nitrogens with two attached hydrogens (primary N) is 1. The minimum Gasteiger partial charge on any atom is -0.480 e. The number of carboxylic acids is 1. The number of rotatable bonds is 12. The molecule has 0 fully saturated rings. The molecule has 0 aliphatic heterocycles. The largest absolute Gasteiger partial charge is 0.480 e. The van der Waals surface area contributed by atoms with Crippen LogP contribution in [0.2, 0.25) is 0 Å². The Morgan fingerprint density at radius 1 is 0.724 bits per heavy atom. The van der Waals surface area contributed by atoms with Crippen LogP contribution in [0, 0.1) is 17.8 Å². The minimum absolute atomic E-state index is 0.0792. The number of carbonyl (C=O) groups excluding carboxylic acids is 3. The van der Waals surface area contributed by atoms with E-state index in [9.17, 15) is 24.3 Å². The van der Waals surface area contributed by atoms with E-state index in [-0.39, 0.29) is 17.8 Å². The highest BCUT2D eigenvalue weighted by Gasteiger charge is 2.31. The van der Waals surface area contributed by atoms with Crippen molar-refractivity contribution >= 4 is 23.7 Å². The maximum Gasteiger partial charge on any atom is 0.326 e. The van der Waals surface area contributed by atoms with Gasteiger partial charge in [-0.2, -0.15) is 0 Å². The highest BCUT2D eigenvalue weighted by atomic mass is 16.4. The van der Waals surface area contributed by atoms with Gasteiger partial charge in [0.1, 0.15) is 18.1 Å². The van der Waals surface area contributed by atoms with Gasteiger partial charge in [0.05, 0.1) is 6.04 Å². The number of nitrogens with one attached hydrogen (secondary N) is 3. The molecule has 4 atom stereocenters. The molecule has 0 aliphatic rings. The molecule has 0 aromatic rings. The fourth-order valence-corrected chi connectivity index (χ4v) is 2.75. The molecule has 0 aromatic heterocycles. The van der Waals surface area contributed by atoms with E-state index >= 15 is 0 Å². The summed E-state index contributed by atoms with van der Waals surface area (Å²) in [6, 6.07) is -3.57. The Kier molecular flexibility index (Phi) is 11.5. The second kappa shape index (κ2) is 12.4. The van der Waals surface area contributed by atoms with Gasteiger partial charge < -0.3 is 26.8 Å². The topological polar surface area (TPSA) is 151 Å². The number of amides is 3. The molecule has 29 heavy (non-hydrogen) atoms. The molecule has 6 N–H and O–H groups in total. The molecule has 0 aliphatic carbocycles. The van der Waals surface area contributed by atoms with Crippen molar-refractivity contribution < 1.29 is 24.3 Å². The first kappa shape index (κ1) is 26.8. The van der Waals surface area contributed by atoms with Gasteiger partial charge in [-0.1, -0.05) is 41.5 Å². The first-order chi connectivity index (χ1) is 13.3. The average molecular weight is 415 g/mol. The lowest BCUT2D eigenvalue weighted by Crippen LogP contribution is -2.57. The molecule has 9 heteroatoms. The molecule has 0 spiro atoms. The monoisotopic (exact) mass is 414 g/mol.